The Morgan fingerprint density at radius 2 is 0.986 bits per heavy atom. The predicted molar refractivity (Wildman–Crippen MR) is 296 cm³/mol. The molecule has 0 amide bonds. The van der Waals surface area contributed by atoms with Crippen LogP contribution in [0.2, 0.25) is 0 Å². The molecule has 2 aliphatic heterocycles. The first kappa shape index (κ1) is 41.5. The molecule has 0 saturated heterocycles. The van der Waals surface area contributed by atoms with Gasteiger partial charge in [-0.2, -0.15) is 5.26 Å². The van der Waals surface area contributed by atoms with Crippen molar-refractivity contribution in [2.24, 2.45) is 0 Å². The summed E-state index contributed by atoms with van der Waals surface area (Å²) < 4.78 is 2.68. The smallest absolute Gasteiger partial charge is 0.333 e. The SMILES string of the molecule is Cc1cccc(C)c1-c1ccc2c(c1)c1cc(-c3c(C)cccc3C)cc3c1n2B1c2ccccc2N(c2cc(-c4ccccc4)cc(-c4ccccc4)c2)c2cc(-c4ccc(C#N)cc4)c(C)c-3c21. The molecule has 0 saturated carbocycles. The van der Waals surface area contributed by atoms with Gasteiger partial charge in [0.25, 0.3) is 0 Å². The molecule has 11 aromatic rings. The second kappa shape index (κ2) is 16.0. The molecular formula is C66H48BN3. The van der Waals surface area contributed by atoms with Crippen molar-refractivity contribution in [3.8, 4) is 72.8 Å². The zero-order valence-electron chi connectivity index (χ0n) is 40.0. The summed E-state index contributed by atoms with van der Waals surface area (Å²) in [4.78, 5) is 2.54. The summed E-state index contributed by atoms with van der Waals surface area (Å²) in [7, 11) is 0. The van der Waals surface area contributed by atoms with Crippen molar-refractivity contribution in [3.63, 3.8) is 0 Å². The fraction of sp³-hybridized carbons (Fsp3) is 0.0758. The van der Waals surface area contributed by atoms with Gasteiger partial charge in [-0.1, -0.05) is 133 Å². The third-order valence-corrected chi connectivity index (χ3v) is 15.3. The van der Waals surface area contributed by atoms with Crippen molar-refractivity contribution < 1.29 is 0 Å². The van der Waals surface area contributed by atoms with E-state index in [9.17, 15) is 5.26 Å². The topological polar surface area (TPSA) is 32.0 Å². The molecule has 0 radical (unpaired) electrons. The van der Waals surface area contributed by atoms with Crippen LogP contribution in [-0.2, 0) is 0 Å². The molecule has 1 aromatic heterocycles. The van der Waals surface area contributed by atoms with E-state index in [-0.39, 0.29) is 6.85 Å². The minimum atomic E-state index is -0.123. The van der Waals surface area contributed by atoms with Gasteiger partial charge in [0.15, 0.2) is 0 Å². The van der Waals surface area contributed by atoms with E-state index in [2.05, 4.69) is 238 Å². The summed E-state index contributed by atoms with van der Waals surface area (Å²) in [6.45, 7) is 11.2. The molecule has 0 aliphatic carbocycles. The Labute approximate surface area is 410 Å². The molecule has 10 aromatic carbocycles. The Balaban J connectivity index is 1.19. The van der Waals surface area contributed by atoms with Gasteiger partial charge in [0.2, 0.25) is 0 Å². The van der Waals surface area contributed by atoms with Crippen molar-refractivity contribution in [1.82, 2.24) is 4.48 Å². The molecule has 70 heavy (non-hydrogen) atoms. The van der Waals surface area contributed by atoms with Crippen molar-refractivity contribution in [2.75, 3.05) is 4.90 Å². The molecule has 330 valence electrons. The maximum Gasteiger partial charge on any atom is 0.333 e. The number of para-hydroxylation sites is 1. The van der Waals surface area contributed by atoms with E-state index in [0.29, 0.717) is 5.56 Å². The normalized spacial score (nSPS) is 12.3. The van der Waals surface area contributed by atoms with Crippen LogP contribution in [0.4, 0.5) is 17.1 Å². The summed E-state index contributed by atoms with van der Waals surface area (Å²) >= 11 is 0. The minimum absolute atomic E-state index is 0.123. The molecule has 3 heterocycles. The van der Waals surface area contributed by atoms with E-state index < -0.39 is 0 Å². The van der Waals surface area contributed by atoms with E-state index in [1.165, 1.54) is 105 Å². The number of fused-ring (bicyclic) bond motifs is 7. The van der Waals surface area contributed by atoms with Crippen LogP contribution in [0.15, 0.2) is 200 Å². The van der Waals surface area contributed by atoms with Gasteiger partial charge >= 0.3 is 6.85 Å². The molecule has 4 heteroatoms. The molecule has 0 fully saturated rings. The monoisotopic (exact) mass is 893 g/mol. The lowest BCUT2D eigenvalue weighted by Gasteiger charge is -2.42. The Bertz CT molecular complexity index is 3910. The second-order valence-corrected chi connectivity index (χ2v) is 19.4. The summed E-state index contributed by atoms with van der Waals surface area (Å²) in [6, 6.07) is 76.2. The van der Waals surface area contributed by atoms with E-state index >= 15 is 0 Å². The highest BCUT2D eigenvalue weighted by Crippen LogP contribution is 2.51. The van der Waals surface area contributed by atoms with E-state index in [1.807, 2.05) is 12.1 Å². The van der Waals surface area contributed by atoms with E-state index in [4.69, 9.17) is 0 Å². The fourth-order valence-corrected chi connectivity index (χ4v) is 12.2. The maximum atomic E-state index is 9.94. The van der Waals surface area contributed by atoms with Gasteiger partial charge in [-0.25, -0.2) is 0 Å². The predicted octanol–water partition coefficient (Wildman–Crippen LogP) is 16.0. The van der Waals surface area contributed by atoms with Gasteiger partial charge in [-0.15, -0.1) is 0 Å². The van der Waals surface area contributed by atoms with Gasteiger partial charge in [0, 0.05) is 44.4 Å². The molecular weight excluding hydrogens is 846 g/mol. The lowest BCUT2D eigenvalue weighted by molar-refractivity contribution is 1.25. The molecule has 13 rings (SSSR count). The van der Waals surface area contributed by atoms with Crippen LogP contribution in [-0.4, -0.2) is 11.3 Å². The molecule has 2 aliphatic rings. The average molecular weight is 894 g/mol. The molecule has 0 spiro atoms. The number of nitrogens with zero attached hydrogens (tertiary/aromatic N) is 3. The third kappa shape index (κ3) is 6.28. The standard InChI is InChI=1S/C66H48BN3/c1-40-16-14-17-41(2)62(40)49-30-31-59-55(35-49)56-36-52(63-42(3)18-15-19-43(63)4)37-57-64-44(5)54(48-28-26-45(39-68)27-29-48)38-61-65(64)67(70(59)66(56)57)58-24-12-13-25-60(58)69(61)53-33-50(46-20-8-6-9-21-46)32-51(34-53)47-22-10-7-11-23-47/h6-38H,1-5H3. The van der Waals surface area contributed by atoms with Crippen LogP contribution in [0.1, 0.15) is 33.4 Å². The summed E-state index contributed by atoms with van der Waals surface area (Å²) in [6.07, 6.45) is 0. The second-order valence-electron chi connectivity index (χ2n) is 19.4. The molecule has 3 nitrogen and oxygen atoms in total. The van der Waals surface area contributed by atoms with Crippen LogP contribution in [0.25, 0.3) is 88.6 Å². The van der Waals surface area contributed by atoms with Crippen molar-refractivity contribution >= 4 is 56.6 Å². The summed E-state index contributed by atoms with van der Waals surface area (Å²) in [5, 5.41) is 12.5. The zero-order valence-corrected chi connectivity index (χ0v) is 40.0. The summed E-state index contributed by atoms with van der Waals surface area (Å²) in [5.74, 6) is 0. The first-order chi connectivity index (χ1) is 34.2. The number of nitriles is 1. The van der Waals surface area contributed by atoms with Crippen LogP contribution in [0.3, 0.4) is 0 Å². The van der Waals surface area contributed by atoms with Crippen molar-refractivity contribution in [1.29, 1.82) is 5.26 Å². The fourth-order valence-electron chi connectivity index (χ4n) is 12.2. The first-order valence-electron chi connectivity index (χ1n) is 24.3. The Morgan fingerprint density at radius 1 is 0.414 bits per heavy atom. The third-order valence-electron chi connectivity index (χ3n) is 15.3. The Hall–Kier alpha value is -8.65. The Kier molecular flexibility index (Phi) is 9.48. The van der Waals surface area contributed by atoms with Gasteiger partial charge in [-0.05, 0) is 201 Å². The highest BCUT2D eigenvalue weighted by atomic mass is 15.2. The molecule has 0 N–H and O–H groups in total. The quantitative estimate of drug-likeness (QED) is 0.156. The molecule has 0 atom stereocenters. The Morgan fingerprint density at radius 3 is 1.61 bits per heavy atom. The minimum Gasteiger partial charge on any atom is -0.375 e. The number of aromatic nitrogens is 1. The average Bonchev–Trinajstić information content (AvgIpc) is 3.71. The number of hydrogen-bond acceptors (Lipinski definition) is 2. The van der Waals surface area contributed by atoms with Gasteiger partial charge < -0.3 is 9.38 Å². The molecule has 0 unspecified atom stereocenters. The number of benzene rings is 10. The largest absolute Gasteiger partial charge is 0.375 e. The van der Waals surface area contributed by atoms with Crippen molar-refractivity contribution in [2.45, 2.75) is 34.6 Å². The van der Waals surface area contributed by atoms with Crippen molar-refractivity contribution in [3.05, 3.63) is 234 Å². The number of rotatable bonds is 6. The number of anilines is 3. The van der Waals surface area contributed by atoms with Crippen LogP contribution < -0.4 is 15.8 Å². The number of hydrogen-bond donors (Lipinski definition) is 0. The number of aryl methyl sites for hydroxylation is 4. The van der Waals surface area contributed by atoms with Gasteiger partial charge in [0.1, 0.15) is 0 Å². The lowest BCUT2D eigenvalue weighted by Crippen LogP contribution is -2.56. The van der Waals surface area contributed by atoms with Crippen LogP contribution in [0, 0.1) is 45.9 Å². The van der Waals surface area contributed by atoms with E-state index in [0.717, 1.165) is 39.3 Å². The van der Waals surface area contributed by atoms with Crippen LogP contribution >= 0.6 is 0 Å². The summed E-state index contributed by atoms with van der Waals surface area (Å²) in [5.41, 5.74) is 29.8. The van der Waals surface area contributed by atoms with Crippen LogP contribution in [0.5, 0.6) is 0 Å². The highest BCUT2D eigenvalue weighted by molar-refractivity contribution is 6.90. The van der Waals surface area contributed by atoms with Gasteiger partial charge in [0.05, 0.1) is 11.6 Å². The lowest BCUT2D eigenvalue weighted by atomic mass is 9.44. The highest BCUT2D eigenvalue weighted by Gasteiger charge is 2.44. The zero-order chi connectivity index (χ0) is 47.4. The maximum absolute atomic E-state index is 9.94. The van der Waals surface area contributed by atoms with Gasteiger partial charge in [-0.3, -0.25) is 0 Å². The first-order valence-corrected chi connectivity index (χ1v) is 24.3. The van der Waals surface area contributed by atoms with E-state index in [1.54, 1.807) is 0 Å². The molecule has 0 bridgehead atoms.